The highest BCUT2D eigenvalue weighted by molar-refractivity contribution is 6.31. The van der Waals surface area contributed by atoms with E-state index in [4.69, 9.17) is 25.9 Å². The molecule has 1 saturated carbocycles. The van der Waals surface area contributed by atoms with Crippen LogP contribution in [0.15, 0.2) is 34.7 Å². The van der Waals surface area contributed by atoms with Crippen molar-refractivity contribution in [3.05, 3.63) is 53.0 Å². The van der Waals surface area contributed by atoms with Gasteiger partial charge < -0.3 is 24.9 Å². The van der Waals surface area contributed by atoms with Gasteiger partial charge in [0.05, 0.1) is 16.6 Å². The van der Waals surface area contributed by atoms with E-state index in [1.54, 1.807) is 0 Å². The van der Waals surface area contributed by atoms with Crippen molar-refractivity contribution in [3.63, 3.8) is 0 Å². The highest BCUT2D eigenvalue weighted by Gasteiger charge is 2.27. The van der Waals surface area contributed by atoms with E-state index in [9.17, 15) is 18.4 Å². The number of carbonyl (C=O) groups excluding carboxylic acids is 1. The van der Waals surface area contributed by atoms with Crippen molar-refractivity contribution in [3.8, 4) is 5.88 Å². The molecule has 1 aliphatic rings. The molecule has 3 N–H and O–H groups in total. The number of amides is 1. The van der Waals surface area contributed by atoms with Gasteiger partial charge >= 0.3 is 23.8 Å². The number of carbonyl (C=O) groups is 2. The first kappa shape index (κ1) is 23.4. The molecule has 10 nitrogen and oxygen atoms in total. The molecule has 0 aliphatic heterocycles. The second-order valence-corrected chi connectivity index (χ2v) is 7.95. The Morgan fingerprint density at radius 2 is 1.88 bits per heavy atom. The molecule has 2 heterocycles. The Balaban J connectivity index is 1.34. The predicted molar refractivity (Wildman–Crippen MR) is 115 cm³/mol. The minimum absolute atomic E-state index is 0.0245. The first-order chi connectivity index (χ1) is 16.3. The number of anilines is 3. The number of benzene rings is 1. The van der Waals surface area contributed by atoms with Crippen LogP contribution in [-0.4, -0.2) is 38.3 Å². The van der Waals surface area contributed by atoms with Gasteiger partial charge in [-0.15, -0.1) is 5.10 Å². The maximum absolute atomic E-state index is 14.4. The first-order valence-electron chi connectivity index (χ1n) is 10.2. The first-order valence-corrected chi connectivity index (χ1v) is 10.6. The van der Waals surface area contributed by atoms with Gasteiger partial charge in [-0.2, -0.15) is 9.37 Å². The van der Waals surface area contributed by atoms with Crippen LogP contribution in [0.3, 0.4) is 0 Å². The van der Waals surface area contributed by atoms with Crippen molar-refractivity contribution < 1.29 is 32.6 Å². The summed E-state index contributed by atoms with van der Waals surface area (Å²) >= 11 is 5.71. The minimum Gasteiger partial charge on any atom is -0.481 e. The fourth-order valence-corrected chi connectivity index (χ4v) is 3.59. The number of carboxylic acids is 1. The summed E-state index contributed by atoms with van der Waals surface area (Å²) in [6.45, 7) is 0. The lowest BCUT2D eigenvalue weighted by Crippen LogP contribution is -2.28. The minimum atomic E-state index is -0.983. The van der Waals surface area contributed by atoms with Crippen molar-refractivity contribution in [2.24, 2.45) is 5.92 Å². The Hall–Kier alpha value is -3.80. The number of pyridine rings is 1. The standard InChI is InChI=1S/C21H18ClF2N5O5/c22-13-9-11(3-6-14(13)23)25-21-29-28-19(34-21)18(30)26-15-7-8-16(27-17(15)24)33-12-4-1-10(2-5-12)20(31)32/h3,6-10,12H,1-2,4-5H2,(H,25,29)(H,26,30)(H,31,32). The average molecular weight is 494 g/mol. The van der Waals surface area contributed by atoms with Gasteiger partial charge in [0.2, 0.25) is 11.8 Å². The van der Waals surface area contributed by atoms with Crippen molar-refractivity contribution in [2.45, 2.75) is 31.8 Å². The zero-order chi connectivity index (χ0) is 24.2. The van der Waals surface area contributed by atoms with E-state index in [0.29, 0.717) is 31.4 Å². The average Bonchev–Trinajstić information content (AvgIpc) is 3.27. The van der Waals surface area contributed by atoms with Gasteiger partial charge in [0, 0.05) is 11.8 Å². The van der Waals surface area contributed by atoms with Crippen LogP contribution < -0.4 is 15.4 Å². The van der Waals surface area contributed by atoms with Crippen LogP contribution >= 0.6 is 11.6 Å². The third-order valence-corrected chi connectivity index (χ3v) is 5.46. The molecular formula is C21H18ClF2N5O5. The molecule has 0 bridgehead atoms. The number of halogens is 3. The molecule has 2 aromatic heterocycles. The number of ether oxygens (including phenoxy) is 1. The Morgan fingerprint density at radius 1 is 1.12 bits per heavy atom. The fourth-order valence-electron chi connectivity index (χ4n) is 3.41. The number of carboxylic acid groups (broad SMARTS) is 1. The monoisotopic (exact) mass is 493 g/mol. The Morgan fingerprint density at radius 3 is 2.56 bits per heavy atom. The van der Waals surface area contributed by atoms with E-state index in [1.165, 1.54) is 24.3 Å². The number of hydrogen-bond donors (Lipinski definition) is 3. The van der Waals surface area contributed by atoms with Gasteiger partial charge in [0.25, 0.3) is 0 Å². The highest BCUT2D eigenvalue weighted by Crippen LogP contribution is 2.28. The summed E-state index contributed by atoms with van der Waals surface area (Å²) in [5.74, 6) is -4.11. The molecule has 178 valence electrons. The van der Waals surface area contributed by atoms with Gasteiger partial charge in [-0.1, -0.05) is 16.7 Å². The quantitative estimate of drug-likeness (QED) is 0.408. The van der Waals surface area contributed by atoms with Crippen LogP contribution in [-0.2, 0) is 4.79 Å². The van der Waals surface area contributed by atoms with Crippen LogP contribution in [0.5, 0.6) is 5.88 Å². The lowest BCUT2D eigenvalue weighted by molar-refractivity contribution is -0.143. The third-order valence-electron chi connectivity index (χ3n) is 5.17. The Kier molecular flexibility index (Phi) is 6.87. The molecule has 1 amide bonds. The summed E-state index contributed by atoms with van der Waals surface area (Å²) in [5.41, 5.74) is 0.120. The van der Waals surface area contributed by atoms with Gasteiger partial charge in [0.1, 0.15) is 11.9 Å². The SMILES string of the molecule is O=C(Nc1ccc(OC2CCC(C(=O)O)CC2)nc1F)c1nnc(Nc2ccc(F)c(Cl)c2)o1. The van der Waals surface area contributed by atoms with E-state index in [1.807, 2.05) is 0 Å². The predicted octanol–water partition coefficient (Wildman–Crippen LogP) is 4.41. The molecule has 0 atom stereocenters. The number of rotatable bonds is 7. The molecular weight excluding hydrogens is 476 g/mol. The van der Waals surface area contributed by atoms with E-state index < -0.39 is 35.5 Å². The maximum Gasteiger partial charge on any atom is 0.320 e. The van der Waals surface area contributed by atoms with Gasteiger partial charge in [0.15, 0.2) is 0 Å². The summed E-state index contributed by atoms with van der Waals surface area (Å²) in [5, 5.41) is 21.1. The summed E-state index contributed by atoms with van der Waals surface area (Å²) in [6.07, 6.45) is 1.74. The lowest BCUT2D eigenvalue weighted by atomic mass is 9.87. The number of nitrogens with zero attached hydrogens (tertiary/aromatic N) is 3. The number of nitrogens with one attached hydrogen (secondary N) is 2. The van der Waals surface area contributed by atoms with E-state index in [0.717, 1.165) is 6.07 Å². The Bertz CT molecular complexity index is 1220. The van der Waals surface area contributed by atoms with Crippen molar-refractivity contribution >= 4 is 40.9 Å². The molecule has 0 unspecified atom stereocenters. The van der Waals surface area contributed by atoms with Gasteiger partial charge in [-0.3, -0.25) is 9.59 Å². The molecule has 34 heavy (non-hydrogen) atoms. The fraction of sp³-hybridized carbons (Fsp3) is 0.286. The lowest BCUT2D eigenvalue weighted by Gasteiger charge is -2.26. The van der Waals surface area contributed by atoms with Crippen molar-refractivity contribution in [2.75, 3.05) is 10.6 Å². The normalized spacial score (nSPS) is 17.7. The summed E-state index contributed by atoms with van der Waals surface area (Å²) in [7, 11) is 0. The molecule has 4 rings (SSSR count). The second-order valence-electron chi connectivity index (χ2n) is 7.54. The number of aliphatic carboxylic acids is 1. The molecule has 1 aliphatic carbocycles. The maximum atomic E-state index is 14.4. The molecule has 1 fully saturated rings. The number of hydrogen-bond acceptors (Lipinski definition) is 8. The Labute approximate surface area is 196 Å². The summed E-state index contributed by atoms with van der Waals surface area (Å²) < 4.78 is 38.5. The topological polar surface area (TPSA) is 139 Å². The van der Waals surface area contributed by atoms with E-state index >= 15 is 0 Å². The van der Waals surface area contributed by atoms with E-state index in [-0.39, 0.29) is 28.7 Å². The highest BCUT2D eigenvalue weighted by atomic mass is 35.5. The smallest absolute Gasteiger partial charge is 0.320 e. The van der Waals surface area contributed by atoms with Crippen LogP contribution in [0.2, 0.25) is 5.02 Å². The zero-order valence-electron chi connectivity index (χ0n) is 17.4. The van der Waals surface area contributed by atoms with E-state index in [2.05, 4.69) is 25.8 Å². The molecule has 3 aromatic rings. The van der Waals surface area contributed by atoms with Crippen molar-refractivity contribution in [1.29, 1.82) is 0 Å². The second kappa shape index (κ2) is 10.00. The van der Waals surface area contributed by atoms with Crippen LogP contribution in [0, 0.1) is 17.7 Å². The van der Waals surface area contributed by atoms with Gasteiger partial charge in [-0.25, -0.2) is 4.39 Å². The number of aromatic nitrogens is 3. The summed E-state index contributed by atoms with van der Waals surface area (Å²) in [4.78, 5) is 27.1. The van der Waals surface area contributed by atoms with Crippen molar-refractivity contribution in [1.82, 2.24) is 15.2 Å². The zero-order valence-corrected chi connectivity index (χ0v) is 18.2. The van der Waals surface area contributed by atoms with Crippen LogP contribution in [0.25, 0.3) is 0 Å². The third kappa shape index (κ3) is 5.57. The van der Waals surface area contributed by atoms with Gasteiger partial charge in [-0.05, 0) is 49.9 Å². The molecule has 0 spiro atoms. The molecule has 1 aromatic carbocycles. The van der Waals surface area contributed by atoms with Crippen LogP contribution in [0.1, 0.15) is 36.4 Å². The molecule has 0 saturated heterocycles. The van der Waals surface area contributed by atoms with Crippen LogP contribution in [0.4, 0.5) is 26.2 Å². The largest absolute Gasteiger partial charge is 0.481 e. The summed E-state index contributed by atoms with van der Waals surface area (Å²) in [6, 6.07) is 6.32. The molecule has 13 heteroatoms. The molecule has 0 radical (unpaired) electrons.